The molecular formula is C13H15N5O2. The van der Waals surface area contributed by atoms with Crippen LogP contribution in [0.25, 0.3) is 0 Å². The maximum Gasteiger partial charge on any atom is 0.269 e. The maximum atomic E-state index is 11.7. The van der Waals surface area contributed by atoms with Crippen molar-refractivity contribution in [1.29, 1.82) is 0 Å². The zero-order valence-electron chi connectivity index (χ0n) is 10.7. The minimum absolute atomic E-state index is 0.00377. The van der Waals surface area contributed by atoms with Crippen LogP contribution >= 0.6 is 0 Å². The third kappa shape index (κ3) is 2.47. The van der Waals surface area contributed by atoms with Crippen LogP contribution in [0.5, 0.6) is 0 Å². The van der Waals surface area contributed by atoms with Gasteiger partial charge in [0.05, 0.1) is 11.1 Å². The number of nitrogens with two attached hydrogens (primary N) is 3. The van der Waals surface area contributed by atoms with Crippen LogP contribution < -0.4 is 22.7 Å². The highest BCUT2D eigenvalue weighted by atomic mass is 16.2. The molecule has 7 N–H and O–H groups in total. The molecule has 104 valence electrons. The van der Waals surface area contributed by atoms with Crippen LogP contribution in [0.3, 0.4) is 0 Å². The van der Waals surface area contributed by atoms with E-state index in [0.29, 0.717) is 6.54 Å². The molecule has 1 aromatic carbocycles. The number of aromatic nitrogens is 1. The van der Waals surface area contributed by atoms with E-state index < -0.39 is 11.8 Å². The van der Waals surface area contributed by atoms with Gasteiger partial charge in [0.15, 0.2) is 0 Å². The predicted molar refractivity (Wildman–Crippen MR) is 74.6 cm³/mol. The van der Waals surface area contributed by atoms with Gasteiger partial charge in [-0.3, -0.25) is 15.0 Å². The summed E-state index contributed by atoms with van der Waals surface area (Å²) in [5.41, 5.74) is 14.1. The number of hydrogen-bond acceptors (Lipinski definition) is 4. The Morgan fingerprint density at radius 2 is 1.85 bits per heavy atom. The summed E-state index contributed by atoms with van der Waals surface area (Å²) in [6.07, 6.45) is 1.45. The summed E-state index contributed by atoms with van der Waals surface area (Å²) in [7, 11) is 0. The maximum absolute atomic E-state index is 11.7. The number of nitrogens with zero attached hydrogens (tertiary/aromatic N) is 1. The number of amides is 2. The molecule has 0 aliphatic rings. The molecule has 2 amide bonds. The molecule has 0 saturated carbocycles. The summed E-state index contributed by atoms with van der Waals surface area (Å²) in [6.45, 7) is 0.421. The van der Waals surface area contributed by atoms with Gasteiger partial charge >= 0.3 is 0 Å². The predicted octanol–water partition coefficient (Wildman–Crippen LogP) is -0.179. The Balaban J connectivity index is 2.45. The number of hydrazine groups is 1. The third-order valence-electron chi connectivity index (χ3n) is 2.94. The van der Waals surface area contributed by atoms with Crippen molar-refractivity contribution in [3.8, 4) is 0 Å². The molecule has 0 atom stereocenters. The van der Waals surface area contributed by atoms with E-state index in [-0.39, 0.29) is 16.9 Å². The van der Waals surface area contributed by atoms with Crippen molar-refractivity contribution in [1.82, 2.24) is 9.99 Å². The first kappa shape index (κ1) is 13.6. The monoisotopic (exact) mass is 273 g/mol. The highest BCUT2D eigenvalue weighted by molar-refractivity contribution is 6.09. The summed E-state index contributed by atoms with van der Waals surface area (Å²) in [4.78, 5) is 23.1. The number of carbonyl (C=O) groups is 2. The van der Waals surface area contributed by atoms with Gasteiger partial charge < -0.3 is 16.0 Å². The van der Waals surface area contributed by atoms with Gasteiger partial charge in [-0.05, 0) is 5.56 Å². The van der Waals surface area contributed by atoms with Gasteiger partial charge in [0.1, 0.15) is 5.82 Å². The second kappa shape index (κ2) is 5.45. The normalized spacial score (nSPS) is 10.2. The van der Waals surface area contributed by atoms with E-state index in [9.17, 15) is 9.59 Å². The molecule has 0 aliphatic carbocycles. The minimum atomic E-state index is -0.734. The number of anilines is 1. The smallest absolute Gasteiger partial charge is 0.269 e. The molecule has 0 bridgehead atoms. The number of nitrogen functional groups attached to an aromatic ring is 2. The van der Waals surface area contributed by atoms with E-state index in [2.05, 4.69) is 0 Å². The van der Waals surface area contributed by atoms with Crippen molar-refractivity contribution in [3.63, 3.8) is 0 Å². The van der Waals surface area contributed by atoms with E-state index in [1.54, 1.807) is 4.57 Å². The van der Waals surface area contributed by atoms with Gasteiger partial charge in [0, 0.05) is 12.7 Å². The number of rotatable bonds is 4. The molecule has 0 aliphatic heterocycles. The average molecular weight is 273 g/mol. The molecule has 1 aromatic heterocycles. The Morgan fingerprint density at radius 3 is 2.40 bits per heavy atom. The van der Waals surface area contributed by atoms with Crippen LogP contribution in [0.15, 0.2) is 36.5 Å². The minimum Gasteiger partial charge on any atom is -0.384 e. The standard InChI is InChI=1S/C13H15N5O2/c14-11-10(13(20)17-16)9(12(15)19)7-18(11)6-8-4-2-1-3-5-8/h1-5,7H,6,14,16H2,(H2,15,19)(H,17,20). The van der Waals surface area contributed by atoms with Crippen molar-refractivity contribution >= 4 is 17.6 Å². The molecule has 2 aromatic rings. The second-order valence-electron chi connectivity index (χ2n) is 4.25. The van der Waals surface area contributed by atoms with E-state index in [1.165, 1.54) is 6.20 Å². The van der Waals surface area contributed by atoms with Gasteiger partial charge in [-0.15, -0.1) is 0 Å². The zero-order valence-corrected chi connectivity index (χ0v) is 10.7. The lowest BCUT2D eigenvalue weighted by Crippen LogP contribution is -2.32. The number of carbonyl (C=O) groups excluding carboxylic acids is 2. The summed E-state index contributed by atoms with van der Waals surface area (Å²) >= 11 is 0. The quantitative estimate of drug-likeness (QED) is 0.350. The molecule has 2 rings (SSSR count). The molecule has 7 nitrogen and oxygen atoms in total. The Morgan fingerprint density at radius 1 is 1.20 bits per heavy atom. The second-order valence-corrected chi connectivity index (χ2v) is 4.25. The van der Waals surface area contributed by atoms with Crippen molar-refractivity contribution in [2.45, 2.75) is 6.54 Å². The summed E-state index contributed by atoms with van der Waals surface area (Å²) in [5, 5.41) is 0. The molecule has 0 radical (unpaired) electrons. The van der Waals surface area contributed by atoms with E-state index in [1.807, 2.05) is 35.8 Å². The van der Waals surface area contributed by atoms with Crippen LogP contribution in [0.2, 0.25) is 0 Å². The topological polar surface area (TPSA) is 129 Å². The van der Waals surface area contributed by atoms with Crippen molar-refractivity contribution < 1.29 is 9.59 Å². The lowest BCUT2D eigenvalue weighted by atomic mass is 10.1. The number of nitrogens with one attached hydrogen (secondary N) is 1. The lowest BCUT2D eigenvalue weighted by molar-refractivity contribution is 0.0938. The Labute approximate surface area is 115 Å². The van der Waals surface area contributed by atoms with E-state index >= 15 is 0 Å². The number of primary amides is 1. The molecule has 20 heavy (non-hydrogen) atoms. The van der Waals surface area contributed by atoms with Gasteiger partial charge in [0.2, 0.25) is 0 Å². The lowest BCUT2D eigenvalue weighted by Gasteiger charge is -2.06. The van der Waals surface area contributed by atoms with E-state index in [4.69, 9.17) is 17.3 Å². The van der Waals surface area contributed by atoms with Gasteiger partial charge in [-0.25, -0.2) is 5.84 Å². The summed E-state index contributed by atoms with van der Waals surface area (Å²) < 4.78 is 1.58. The third-order valence-corrected chi connectivity index (χ3v) is 2.94. The van der Waals surface area contributed by atoms with Crippen molar-refractivity contribution in [3.05, 3.63) is 53.2 Å². The first-order valence-corrected chi connectivity index (χ1v) is 5.88. The number of hydrogen-bond donors (Lipinski definition) is 4. The molecule has 0 unspecified atom stereocenters. The largest absolute Gasteiger partial charge is 0.384 e. The molecular weight excluding hydrogens is 258 g/mol. The van der Waals surface area contributed by atoms with Crippen LogP contribution in [0.4, 0.5) is 5.82 Å². The fraction of sp³-hybridized carbons (Fsp3) is 0.0769. The van der Waals surface area contributed by atoms with Gasteiger partial charge in [-0.2, -0.15) is 0 Å². The van der Waals surface area contributed by atoms with Crippen LogP contribution in [-0.2, 0) is 6.54 Å². The Hall–Kier alpha value is -2.80. The molecule has 0 saturated heterocycles. The highest BCUT2D eigenvalue weighted by Gasteiger charge is 2.22. The Bertz CT molecular complexity index is 648. The molecule has 7 heteroatoms. The molecule has 0 spiro atoms. The number of benzene rings is 1. The zero-order chi connectivity index (χ0) is 14.7. The first-order chi connectivity index (χ1) is 9.54. The SMILES string of the molecule is NNC(=O)c1c(C(N)=O)cn(Cc2ccccc2)c1N. The Kier molecular flexibility index (Phi) is 3.72. The fourth-order valence-electron chi connectivity index (χ4n) is 1.98. The van der Waals surface area contributed by atoms with Crippen molar-refractivity contribution in [2.75, 3.05) is 5.73 Å². The highest BCUT2D eigenvalue weighted by Crippen LogP contribution is 2.21. The average Bonchev–Trinajstić information content (AvgIpc) is 2.77. The van der Waals surface area contributed by atoms with Crippen LogP contribution in [0.1, 0.15) is 26.3 Å². The van der Waals surface area contributed by atoms with Crippen molar-refractivity contribution in [2.24, 2.45) is 11.6 Å². The van der Waals surface area contributed by atoms with Crippen LogP contribution in [-0.4, -0.2) is 16.4 Å². The fourth-order valence-corrected chi connectivity index (χ4v) is 1.98. The molecule has 0 fully saturated rings. The van der Waals surface area contributed by atoms with Crippen LogP contribution in [0, 0.1) is 0 Å². The molecule has 1 heterocycles. The van der Waals surface area contributed by atoms with Gasteiger partial charge in [0.25, 0.3) is 11.8 Å². The van der Waals surface area contributed by atoms with Gasteiger partial charge in [-0.1, -0.05) is 30.3 Å². The van der Waals surface area contributed by atoms with E-state index in [0.717, 1.165) is 5.56 Å². The first-order valence-electron chi connectivity index (χ1n) is 5.88. The summed E-state index contributed by atoms with van der Waals surface area (Å²) in [5.74, 6) is 3.85. The summed E-state index contributed by atoms with van der Waals surface area (Å²) in [6, 6.07) is 9.48.